The summed E-state index contributed by atoms with van der Waals surface area (Å²) < 4.78 is 47.4. The lowest BCUT2D eigenvalue weighted by molar-refractivity contribution is 0.0447. The topological polar surface area (TPSA) is 133 Å². The number of carbonyl (C=O) groups is 2. The van der Waals surface area contributed by atoms with Crippen molar-refractivity contribution in [1.29, 1.82) is 0 Å². The zero-order valence-corrected chi connectivity index (χ0v) is 29.7. The van der Waals surface area contributed by atoms with E-state index >= 15 is 0 Å². The lowest BCUT2D eigenvalue weighted by Crippen LogP contribution is -2.31. The maximum absolute atomic E-state index is 13.2. The van der Waals surface area contributed by atoms with Gasteiger partial charge in [0.25, 0.3) is 5.91 Å². The molecular weight excluding hydrogens is 643 g/mol. The van der Waals surface area contributed by atoms with E-state index in [1.54, 1.807) is 12.1 Å². The van der Waals surface area contributed by atoms with Crippen LogP contribution in [0.2, 0.25) is 0 Å². The molecule has 47 heavy (non-hydrogen) atoms. The Labute approximate surface area is 282 Å². The summed E-state index contributed by atoms with van der Waals surface area (Å²) >= 11 is -4.17. The minimum atomic E-state index is -2.55. The molecule has 0 aliphatic rings. The number of nitrogens with zero attached hydrogens (tertiary/aromatic N) is 3. The molecule has 0 aliphatic carbocycles. The molecule has 0 saturated heterocycles. The Bertz CT molecular complexity index is 1640. The predicted molar refractivity (Wildman–Crippen MR) is 182 cm³/mol. The monoisotopic (exact) mass is 685 g/mol. The van der Waals surface area contributed by atoms with Gasteiger partial charge in [-0.2, -0.15) is 9.32 Å². The fraction of sp³-hybridized carbons (Fsp3) is 0.412. The van der Waals surface area contributed by atoms with Crippen LogP contribution in [-0.2, 0) is 37.9 Å². The second-order valence-electron chi connectivity index (χ2n) is 11.8. The Kier molecular flexibility index (Phi) is 13.2. The van der Waals surface area contributed by atoms with Gasteiger partial charge in [-0.25, -0.2) is 9.00 Å². The van der Waals surface area contributed by atoms with Crippen molar-refractivity contribution in [1.82, 2.24) is 4.41 Å². The lowest BCUT2D eigenvalue weighted by atomic mass is 9.76. The Balaban J connectivity index is 1.71. The standard InChI is InChI=1S/C34H43N3O8S2/c1-9-33(3,4)25-18-19-30(28(23-25)34(5,6)10-2)42-20-21-43-32(39)27-16-11-12-17-29(27)45-47(41)37(36-35-7)31(38)24-14-13-15-26(22-24)44-46(8)40/h11-19,22-23H,9-10,20-21H2,1-8H3. The number of amides is 1. The molecule has 0 aromatic heterocycles. The SMILES string of the molecule is CCC(C)(C)c1ccc(OCCOC(=O)c2ccccc2OS(=O)N(N=NC)C(=O)c2cccc(OS(C)=O)c2)c(C(C)(C)CC)c1. The summed E-state index contributed by atoms with van der Waals surface area (Å²) in [6.45, 7) is 13.2. The molecule has 0 spiro atoms. The van der Waals surface area contributed by atoms with Crippen LogP contribution in [-0.4, -0.2) is 51.2 Å². The van der Waals surface area contributed by atoms with Crippen LogP contribution in [0, 0.1) is 0 Å². The van der Waals surface area contributed by atoms with Gasteiger partial charge in [-0.15, -0.1) is 0 Å². The van der Waals surface area contributed by atoms with Gasteiger partial charge in [-0.05, 0) is 65.6 Å². The van der Waals surface area contributed by atoms with E-state index in [1.165, 1.54) is 55.3 Å². The third-order valence-electron chi connectivity index (χ3n) is 7.88. The number of benzene rings is 3. The first kappa shape index (κ1) is 37.4. The Morgan fingerprint density at radius 3 is 2.19 bits per heavy atom. The molecule has 0 radical (unpaired) electrons. The van der Waals surface area contributed by atoms with Crippen molar-refractivity contribution in [3.63, 3.8) is 0 Å². The molecule has 13 heteroatoms. The highest BCUT2D eigenvalue weighted by atomic mass is 32.2. The summed E-state index contributed by atoms with van der Waals surface area (Å²) in [5.74, 6) is -0.771. The summed E-state index contributed by atoms with van der Waals surface area (Å²) in [7, 11) is 1.29. The van der Waals surface area contributed by atoms with Crippen LogP contribution in [0.15, 0.2) is 77.1 Å². The number of esters is 1. The van der Waals surface area contributed by atoms with Crippen molar-refractivity contribution in [2.24, 2.45) is 10.3 Å². The van der Waals surface area contributed by atoms with Gasteiger partial charge in [0.2, 0.25) is 11.1 Å². The first-order chi connectivity index (χ1) is 22.2. The average Bonchev–Trinajstić information content (AvgIpc) is 3.05. The molecule has 2 unspecified atom stereocenters. The van der Waals surface area contributed by atoms with E-state index in [0.29, 0.717) is 4.41 Å². The van der Waals surface area contributed by atoms with Crippen molar-refractivity contribution in [3.05, 3.63) is 89.0 Å². The van der Waals surface area contributed by atoms with Gasteiger partial charge in [0, 0.05) is 17.4 Å². The minimum absolute atomic E-state index is 0.0125. The van der Waals surface area contributed by atoms with Gasteiger partial charge in [0.05, 0.1) is 7.05 Å². The van der Waals surface area contributed by atoms with Crippen LogP contribution < -0.4 is 13.1 Å². The second kappa shape index (κ2) is 16.6. The maximum atomic E-state index is 13.2. The molecule has 0 fully saturated rings. The molecule has 0 heterocycles. The first-order valence-corrected chi connectivity index (χ1v) is 17.7. The number of carbonyl (C=O) groups excluding carboxylic acids is 2. The minimum Gasteiger partial charge on any atom is -0.490 e. The van der Waals surface area contributed by atoms with E-state index in [0.717, 1.165) is 24.2 Å². The third kappa shape index (κ3) is 9.94. The van der Waals surface area contributed by atoms with Gasteiger partial charge < -0.3 is 17.8 Å². The normalized spacial score (nSPS) is 13.1. The van der Waals surface area contributed by atoms with Gasteiger partial charge in [0.1, 0.15) is 30.3 Å². The van der Waals surface area contributed by atoms with Crippen LogP contribution in [0.5, 0.6) is 17.2 Å². The van der Waals surface area contributed by atoms with Crippen LogP contribution in [0.25, 0.3) is 0 Å². The number of hydrogen-bond donors (Lipinski definition) is 0. The zero-order chi connectivity index (χ0) is 34.8. The molecule has 11 nitrogen and oxygen atoms in total. The highest BCUT2D eigenvalue weighted by Crippen LogP contribution is 2.38. The van der Waals surface area contributed by atoms with Gasteiger partial charge >= 0.3 is 17.2 Å². The van der Waals surface area contributed by atoms with Gasteiger partial charge in [0.15, 0.2) is 5.75 Å². The van der Waals surface area contributed by atoms with E-state index in [2.05, 4.69) is 64.0 Å². The van der Waals surface area contributed by atoms with Crippen molar-refractivity contribution in [3.8, 4) is 17.2 Å². The third-order valence-corrected chi connectivity index (χ3v) is 9.15. The van der Waals surface area contributed by atoms with E-state index in [1.807, 2.05) is 6.07 Å². The maximum Gasteiger partial charge on any atom is 0.344 e. The van der Waals surface area contributed by atoms with Crippen LogP contribution in [0.3, 0.4) is 0 Å². The lowest BCUT2D eigenvalue weighted by Gasteiger charge is -2.30. The van der Waals surface area contributed by atoms with Crippen LogP contribution in [0.4, 0.5) is 0 Å². The Hall–Kier alpha value is -4.10. The molecule has 3 aromatic rings. The molecule has 3 rings (SSSR count). The molecule has 0 N–H and O–H groups in total. The van der Waals surface area contributed by atoms with Crippen LogP contribution in [0.1, 0.15) is 86.2 Å². The molecule has 0 bridgehead atoms. The molecule has 2 atom stereocenters. The summed E-state index contributed by atoms with van der Waals surface area (Å²) in [6.07, 6.45) is 3.25. The molecule has 1 amide bonds. The first-order valence-electron chi connectivity index (χ1n) is 15.1. The van der Waals surface area contributed by atoms with E-state index in [9.17, 15) is 18.0 Å². The largest absolute Gasteiger partial charge is 0.490 e. The zero-order valence-electron chi connectivity index (χ0n) is 28.1. The summed E-state index contributed by atoms with van der Waals surface area (Å²) in [4.78, 5) is 26.2. The van der Waals surface area contributed by atoms with E-state index < -0.39 is 34.2 Å². The number of hydrogen-bond acceptors (Lipinski definition) is 10. The summed E-state index contributed by atoms with van der Waals surface area (Å²) in [5.41, 5.74) is 2.24. The number of rotatable bonds is 16. The van der Waals surface area contributed by atoms with Crippen molar-refractivity contribution >= 4 is 34.2 Å². The van der Waals surface area contributed by atoms with E-state index in [4.69, 9.17) is 17.8 Å². The van der Waals surface area contributed by atoms with Crippen molar-refractivity contribution < 1.29 is 35.8 Å². The number of ether oxygens (including phenoxy) is 2. The van der Waals surface area contributed by atoms with Crippen molar-refractivity contribution in [2.45, 2.75) is 65.2 Å². The molecule has 3 aromatic carbocycles. The van der Waals surface area contributed by atoms with E-state index in [-0.39, 0.29) is 46.7 Å². The quantitative estimate of drug-likeness (QED) is 0.0677. The number of para-hydroxylation sites is 1. The fourth-order valence-corrected chi connectivity index (χ4v) is 5.45. The smallest absolute Gasteiger partial charge is 0.344 e. The predicted octanol–water partition coefficient (Wildman–Crippen LogP) is 7.07. The molecule has 0 saturated carbocycles. The van der Waals surface area contributed by atoms with Gasteiger partial charge in [-0.3, -0.25) is 4.79 Å². The van der Waals surface area contributed by atoms with Gasteiger partial charge in [-0.1, -0.05) is 81.5 Å². The second-order valence-corrected chi connectivity index (χ2v) is 13.8. The summed E-state index contributed by atoms with van der Waals surface area (Å²) in [5, 5.41) is 7.22. The highest BCUT2D eigenvalue weighted by Gasteiger charge is 2.28. The Morgan fingerprint density at radius 2 is 1.53 bits per heavy atom. The molecule has 0 aliphatic heterocycles. The molecular formula is C34H43N3O8S2. The highest BCUT2D eigenvalue weighted by molar-refractivity contribution is 7.79. The molecule has 254 valence electrons. The van der Waals surface area contributed by atoms with Crippen LogP contribution >= 0.6 is 0 Å². The Morgan fingerprint density at radius 1 is 0.830 bits per heavy atom. The summed E-state index contributed by atoms with van der Waals surface area (Å²) in [6, 6.07) is 18.1. The average molecular weight is 686 g/mol. The van der Waals surface area contributed by atoms with Crippen molar-refractivity contribution in [2.75, 3.05) is 26.5 Å². The fourth-order valence-electron chi connectivity index (χ4n) is 4.33.